The number of carbonyl (C=O) groups excluding carboxylic acids is 1. The summed E-state index contributed by atoms with van der Waals surface area (Å²) < 4.78 is 0. The molecule has 1 fully saturated rings. The van der Waals surface area contributed by atoms with Crippen LogP contribution in [0.3, 0.4) is 0 Å². The molecule has 0 saturated carbocycles. The number of ketones is 1. The third-order valence-electron chi connectivity index (χ3n) is 4.02. The predicted octanol–water partition coefficient (Wildman–Crippen LogP) is 4.04. The molecule has 1 radical (unpaired) electrons. The van der Waals surface area contributed by atoms with E-state index in [9.17, 15) is 4.79 Å². The molecule has 0 aromatic heterocycles. The van der Waals surface area contributed by atoms with Gasteiger partial charge in [-0.3, -0.25) is 4.79 Å². The number of Topliss-reactive ketones (excluding diaryl/α,β-unsaturated/α-hetero) is 1. The minimum Gasteiger partial charge on any atom is -0.303 e. The average Bonchev–Trinajstić information content (AvgIpc) is 2.48. The first kappa shape index (κ1) is 15.2. The highest BCUT2D eigenvalue weighted by Crippen LogP contribution is 2.12. The quantitative estimate of drug-likeness (QED) is 0.551. The van der Waals surface area contributed by atoms with Crippen LogP contribution in [0.15, 0.2) is 24.3 Å². The number of likely N-dealkylation sites (tertiary alicyclic amines) is 1. The van der Waals surface area contributed by atoms with Crippen molar-refractivity contribution in [1.82, 2.24) is 4.90 Å². The standard InChI is InChI=1S/C18H26NO/c1-16-9-8-10-17(15-16)18(20)11-4-2-5-12-19-13-6-3-7-14-19/h3,8-10,15H,2,4-7,11-14H2,1H3. The van der Waals surface area contributed by atoms with Crippen LogP contribution in [0.1, 0.15) is 54.4 Å². The van der Waals surface area contributed by atoms with Crippen molar-refractivity contribution >= 4 is 5.78 Å². The number of nitrogens with zero attached hydrogens (tertiary/aromatic N) is 1. The second kappa shape index (κ2) is 8.21. The van der Waals surface area contributed by atoms with Gasteiger partial charge < -0.3 is 4.90 Å². The van der Waals surface area contributed by atoms with Crippen LogP contribution >= 0.6 is 0 Å². The zero-order valence-electron chi connectivity index (χ0n) is 12.6. The molecular weight excluding hydrogens is 246 g/mol. The molecule has 2 nitrogen and oxygen atoms in total. The van der Waals surface area contributed by atoms with Gasteiger partial charge in [0.05, 0.1) is 0 Å². The minimum absolute atomic E-state index is 0.293. The largest absolute Gasteiger partial charge is 0.303 e. The number of carbonyl (C=O) groups is 1. The van der Waals surface area contributed by atoms with Crippen LogP contribution in [-0.2, 0) is 0 Å². The SMILES string of the molecule is Cc1cccc(C(=O)CCCCCN2CC[CH]CC2)c1. The van der Waals surface area contributed by atoms with Crippen LogP contribution in [0.5, 0.6) is 0 Å². The maximum absolute atomic E-state index is 12.0. The van der Waals surface area contributed by atoms with E-state index in [2.05, 4.69) is 11.3 Å². The lowest BCUT2D eigenvalue weighted by molar-refractivity contribution is 0.0978. The number of benzene rings is 1. The molecule has 1 aromatic rings. The Morgan fingerprint density at radius 2 is 1.95 bits per heavy atom. The summed E-state index contributed by atoms with van der Waals surface area (Å²) in [7, 11) is 0. The molecule has 0 spiro atoms. The lowest BCUT2D eigenvalue weighted by Crippen LogP contribution is -2.30. The number of piperidine rings is 1. The lowest BCUT2D eigenvalue weighted by atomic mass is 10.0. The molecule has 20 heavy (non-hydrogen) atoms. The Morgan fingerprint density at radius 1 is 1.15 bits per heavy atom. The molecule has 0 aliphatic carbocycles. The van der Waals surface area contributed by atoms with Gasteiger partial charge in [0.25, 0.3) is 0 Å². The maximum atomic E-state index is 12.0. The number of unbranched alkanes of at least 4 members (excludes halogenated alkanes) is 2. The second-order valence-corrected chi connectivity index (χ2v) is 5.81. The molecule has 0 N–H and O–H groups in total. The fourth-order valence-corrected chi connectivity index (χ4v) is 2.79. The molecule has 2 rings (SSSR count). The van der Waals surface area contributed by atoms with E-state index < -0.39 is 0 Å². The first-order chi connectivity index (χ1) is 9.75. The van der Waals surface area contributed by atoms with Gasteiger partial charge in [-0.15, -0.1) is 0 Å². The van der Waals surface area contributed by atoms with Crippen LogP contribution in [0.25, 0.3) is 0 Å². The highest BCUT2D eigenvalue weighted by atomic mass is 16.1. The summed E-state index contributed by atoms with van der Waals surface area (Å²) in [5.74, 6) is 0.293. The number of hydrogen-bond acceptors (Lipinski definition) is 2. The smallest absolute Gasteiger partial charge is 0.162 e. The predicted molar refractivity (Wildman–Crippen MR) is 84.0 cm³/mol. The van der Waals surface area contributed by atoms with Crippen molar-refractivity contribution in [3.63, 3.8) is 0 Å². The molecule has 2 heteroatoms. The van der Waals surface area contributed by atoms with Gasteiger partial charge in [-0.2, -0.15) is 0 Å². The molecule has 0 amide bonds. The van der Waals surface area contributed by atoms with Crippen LogP contribution < -0.4 is 0 Å². The molecule has 1 aliphatic heterocycles. The van der Waals surface area contributed by atoms with E-state index in [1.807, 2.05) is 31.2 Å². The van der Waals surface area contributed by atoms with Gasteiger partial charge in [0.1, 0.15) is 0 Å². The van der Waals surface area contributed by atoms with E-state index in [1.54, 1.807) is 0 Å². The van der Waals surface area contributed by atoms with E-state index in [1.165, 1.54) is 38.9 Å². The number of aryl methyl sites for hydroxylation is 1. The minimum atomic E-state index is 0.293. The van der Waals surface area contributed by atoms with Crippen molar-refractivity contribution in [2.45, 2.75) is 45.4 Å². The fourth-order valence-electron chi connectivity index (χ4n) is 2.79. The van der Waals surface area contributed by atoms with Crippen LogP contribution in [0.4, 0.5) is 0 Å². The third kappa shape index (κ3) is 5.09. The van der Waals surface area contributed by atoms with Crippen LogP contribution in [0.2, 0.25) is 0 Å². The highest BCUT2D eigenvalue weighted by Gasteiger charge is 2.09. The Bertz CT molecular complexity index is 421. The van der Waals surface area contributed by atoms with Gasteiger partial charge in [-0.05, 0) is 64.7 Å². The molecule has 1 saturated heterocycles. The first-order valence-corrected chi connectivity index (χ1v) is 7.89. The van der Waals surface area contributed by atoms with Crippen LogP contribution in [-0.4, -0.2) is 30.3 Å². The summed E-state index contributed by atoms with van der Waals surface area (Å²) in [5, 5.41) is 0. The van der Waals surface area contributed by atoms with Gasteiger partial charge in [0, 0.05) is 12.0 Å². The molecule has 0 unspecified atom stereocenters. The van der Waals surface area contributed by atoms with E-state index in [4.69, 9.17) is 0 Å². The monoisotopic (exact) mass is 272 g/mol. The fraction of sp³-hybridized carbons (Fsp3) is 0.556. The summed E-state index contributed by atoms with van der Waals surface area (Å²) in [6, 6.07) is 7.93. The van der Waals surface area contributed by atoms with Crippen molar-refractivity contribution in [3.05, 3.63) is 41.8 Å². The van der Waals surface area contributed by atoms with E-state index >= 15 is 0 Å². The summed E-state index contributed by atoms with van der Waals surface area (Å²) >= 11 is 0. The molecule has 1 aromatic carbocycles. The molecular formula is C18H26NO. The Balaban J connectivity index is 1.59. The Labute approximate surface area is 123 Å². The summed E-state index contributed by atoms with van der Waals surface area (Å²) in [4.78, 5) is 14.6. The lowest BCUT2D eigenvalue weighted by Gasteiger charge is -2.26. The van der Waals surface area contributed by atoms with Gasteiger partial charge in [-0.25, -0.2) is 0 Å². The van der Waals surface area contributed by atoms with E-state index in [0.29, 0.717) is 12.2 Å². The number of hydrogen-bond donors (Lipinski definition) is 0. The van der Waals surface area contributed by atoms with Crippen molar-refractivity contribution in [2.75, 3.05) is 19.6 Å². The van der Waals surface area contributed by atoms with Gasteiger partial charge in [0.15, 0.2) is 5.78 Å². The highest BCUT2D eigenvalue weighted by molar-refractivity contribution is 5.96. The van der Waals surface area contributed by atoms with Gasteiger partial charge >= 0.3 is 0 Å². The van der Waals surface area contributed by atoms with E-state index in [0.717, 1.165) is 24.0 Å². The third-order valence-corrected chi connectivity index (χ3v) is 4.02. The zero-order chi connectivity index (χ0) is 14.2. The second-order valence-electron chi connectivity index (χ2n) is 5.81. The zero-order valence-corrected chi connectivity index (χ0v) is 12.6. The molecule has 1 heterocycles. The van der Waals surface area contributed by atoms with Crippen LogP contribution in [0, 0.1) is 13.3 Å². The Morgan fingerprint density at radius 3 is 2.70 bits per heavy atom. The summed E-state index contributed by atoms with van der Waals surface area (Å²) in [6.45, 7) is 5.68. The van der Waals surface area contributed by atoms with Crippen molar-refractivity contribution in [1.29, 1.82) is 0 Å². The normalized spacial score (nSPS) is 16.2. The number of rotatable bonds is 7. The maximum Gasteiger partial charge on any atom is 0.162 e. The van der Waals surface area contributed by atoms with Gasteiger partial charge in [-0.1, -0.05) is 30.2 Å². The summed E-state index contributed by atoms with van der Waals surface area (Å²) in [6.07, 6.45) is 8.97. The first-order valence-electron chi connectivity index (χ1n) is 7.89. The molecule has 0 atom stereocenters. The molecule has 0 bridgehead atoms. The average molecular weight is 272 g/mol. The van der Waals surface area contributed by atoms with Crippen molar-refractivity contribution < 1.29 is 4.79 Å². The topological polar surface area (TPSA) is 20.3 Å². The van der Waals surface area contributed by atoms with E-state index in [-0.39, 0.29) is 0 Å². The Kier molecular flexibility index (Phi) is 6.25. The van der Waals surface area contributed by atoms with Crippen molar-refractivity contribution in [3.8, 4) is 0 Å². The summed E-state index contributed by atoms with van der Waals surface area (Å²) in [5.41, 5.74) is 2.04. The molecule has 1 aliphatic rings. The van der Waals surface area contributed by atoms with Crippen molar-refractivity contribution in [2.24, 2.45) is 0 Å². The van der Waals surface area contributed by atoms with Gasteiger partial charge in [0.2, 0.25) is 0 Å². The molecule has 109 valence electrons. The Hall–Kier alpha value is -1.15.